The highest BCUT2D eigenvalue weighted by atomic mass is 14.9. The molecule has 2 aromatic heterocycles. The Morgan fingerprint density at radius 1 is 1.20 bits per heavy atom. The Bertz CT molecular complexity index is 700. The van der Waals surface area contributed by atoms with Gasteiger partial charge < -0.3 is 10.3 Å². The number of fused-ring (bicyclic) bond motifs is 1. The summed E-state index contributed by atoms with van der Waals surface area (Å²) < 4.78 is 0. The number of H-pyrrole nitrogens is 1. The van der Waals surface area contributed by atoms with Gasteiger partial charge in [-0.3, -0.25) is 0 Å². The van der Waals surface area contributed by atoms with Gasteiger partial charge in [-0.05, 0) is 43.1 Å². The molecule has 1 aromatic carbocycles. The molecule has 0 unspecified atom stereocenters. The first-order valence-electron chi connectivity index (χ1n) is 7.00. The molecule has 0 aliphatic rings. The number of nitrogens with zero attached hydrogens (tertiary/aromatic N) is 1. The zero-order chi connectivity index (χ0) is 13.8. The molecule has 2 heterocycles. The summed E-state index contributed by atoms with van der Waals surface area (Å²) in [5.41, 5.74) is 4.95. The Morgan fingerprint density at radius 3 is 3.05 bits per heavy atom. The van der Waals surface area contributed by atoms with Crippen molar-refractivity contribution in [2.75, 3.05) is 6.54 Å². The molecule has 0 aliphatic heterocycles. The summed E-state index contributed by atoms with van der Waals surface area (Å²) in [6.07, 6.45) is 4.91. The number of rotatable bonds is 5. The molecule has 0 fully saturated rings. The van der Waals surface area contributed by atoms with E-state index in [0.29, 0.717) is 0 Å². The maximum atomic E-state index is 4.30. The van der Waals surface area contributed by atoms with Crippen LogP contribution in [-0.4, -0.2) is 16.5 Å². The molecule has 0 bridgehead atoms. The zero-order valence-electron chi connectivity index (χ0n) is 11.7. The van der Waals surface area contributed by atoms with Gasteiger partial charge >= 0.3 is 0 Å². The highest BCUT2D eigenvalue weighted by Crippen LogP contribution is 2.15. The van der Waals surface area contributed by atoms with Crippen LogP contribution < -0.4 is 5.32 Å². The summed E-state index contributed by atoms with van der Waals surface area (Å²) >= 11 is 0. The second-order valence-electron chi connectivity index (χ2n) is 5.13. The molecule has 0 amide bonds. The maximum Gasteiger partial charge on any atom is 0.137 e. The Morgan fingerprint density at radius 2 is 2.15 bits per heavy atom. The smallest absolute Gasteiger partial charge is 0.137 e. The first-order chi connectivity index (χ1) is 9.83. The topological polar surface area (TPSA) is 40.7 Å². The van der Waals surface area contributed by atoms with E-state index in [1.54, 1.807) is 0 Å². The van der Waals surface area contributed by atoms with Crippen molar-refractivity contribution >= 4 is 11.0 Å². The Labute approximate surface area is 119 Å². The monoisotopic (exact) mass is 265 g/mol. The van der Waals surface area contributed by atoms with E-state index in [1.807, 2.05) is 18.5 Å². The summed E-state index contributed by atoms with van der Waals surface area (Å²) in [6.45, 7) is 3.99. The molecule has 0 radical (unpaired) electrons. The van der Waals surface area contributed by atoms with Gasteiger partial charge in [0.1, 0.15) is 5.65 Å². The number of pyridine rings is 1. The summed E-state index contributed by atoms with van der Waals surface area (Å²) in [5, 5.41) is 4.70. The SMILES string of the molecule is Cc1cccc(CCNCc2c[nH]c3ncccc23)c1. The van der Waals surface area contributed by atoms with Gasteiger partial charge in [-0.15, -0.1) is 0 Å². The molecular weight excluding hydrogens is 246 g/mol. The van der Waals surface area contributed by atoms with Crippen LogP contribution in [0.2, 0.25) is 0 Å². The van der Waals surface area contributed by atoms with E-state index in [0.717, 1.165) is 25.2 Å². The van der Waals surface area contributed by atoms with Crippen molar-refractivity contribution in [3.63, 3.8) is 0 Å². The summed E-state index contributed by atoms with van der Waals surface area (Å²) in [7, 11) is 0. The number of aromatic amines is 1. The van der Waals surface area contributed by atoms with Crippen LogP contribution in [0.3, 0.4) is 0 Å². The lowest BCUT2D eigenvalue weighted by Gasteiger charge is -2.05. The predicted molar refractivity (Wildman–Crippen MR) is 82.7 cm³/mol. The van der Waals surface area contributed by atoms with Crippen LogP contribution >= 0.6 is 0 Å². The molecule has 0 spiro atoms. The summed E-state index contributed by atoms with van der Waals surface area (Å²) in [4.78, 5) is 7.51. The van der Waals surface area contributed by atoms with Gasteiger partial charge in [0, 0.05) is 24.3 Å². The average molecular weight is 265 g/mol. The molecule has 2 N–H and O–H groups in total. The third-order valence-corrected chi connectivity index (χ3v) is 3.53. The Hall–Kier alpha value is -2.13. The largest absolute Gasteiger partial charge is 0.346 e. The molecule has 0 atom stereocenters. The molecule has 3 nitrogen and oxygen atoms in total. The quantitative estimate of drug-likeness (QED) is 0.695. The second kappa shape index (κ2) is 5.88. The van der Waals surface area contributed by atoms with Crippen LogP contribution in [0, 0.1) is 6.92 Å². The first-order valence-corrected chi connectivity index (χ1v) is 7.00. The fourth-order valence-corrected chi connectivity index (χ4v) is 2.48. The normalized spacial score (nSPS) is 11.1. The van der Waals surface area contributed by atoms with Gasteiger partial charge in [0.05, 0.1) is 0 Å². The van der Waals surface area contributed by atoms with Gasteiger partial charge in [0.2, 0.25) is 0 Å². The van der Waals surface area contributed by atoms with Crippen LogP contribution in [0.4, 0.5) is 0 Å². The predicted octanol–water partition coefficient (Wildman–Crippen LogP) is 3.20. The highest BCUT2D eigenvalue weighted by molar-refractivity contribution is 5.79. The van der Waals surface area contributed by atoms with E-state index in [1.165, 1.54) is 22.1 Å². The van der Waals surface area contributed by atoms with Gasteiger partial charge in [0.25, 0.3) is 0 Å². The Kier molecular flexibility index (Phi) is 3.79. The van der Waals surface area contributed by atoms with E-state index in [-0.39, 0.29) is 0 Å². The van der Waals surface area contributed by atoms with Crippen molar-refractivity contribution in [1.82, 2.24) is 15.3 Å². The molecule has 20 heavy (non-hydrogen) atoms. The van der Waals surface area contributed by atoms with Crippen LogP contribution in [0.15, 0.2) is 48.8 Å². The van der Waals surface area contributed by atoms with Gasteiger partial charge in [0.15, 0.2) is 0 Å². The first kappa shape index (κ1) is 12.9. The number of aromatic nitrogens is 2. The van der Waals surface area contributed by atoms with E-state index in [2.05, 4.69) is 52.5 Å². The third kappa shape index (κ3) is 2.89. The van der Waals surface area contributed by atoms with Crippen molar-refractivity contribution in [1.29, 1.82) is 0 Å². The summed E-state index contributed by atoms with van der Waals surface area (Å²) in [5.74, 6) is 0. The molecule has 3 heteroatoms. The molecule has 102 valence electrons. The lowest BCUT2D eigenvalue weighted by atomic mass is 10.1. The van der Waals surface area contributed by atoms with Crippen LogP contribution in [-0.2, 0) is 13.0 Å². The van der Waals surface area contributed by atoms with Crippen LogP contribution in [0.1, 0.15) is 16.7 Å². The molecule has 3 rings (SSSR count). The average Bonchev–Trinajstić information content (AvgIpc) is 2.87. The molecule has 0 aliphatic carbocycles. The number of hydrogen-bond donors (Lipinski definition) is 2. The van der Waals surface area contributed by atoms with E-state index in [4.69, 9.17) is 0 Å². The van der Waals surface area contributed by atoms with Crippen molar-refractivity contribution < 1.29 is 0 Å². The number of nitrogens with one attached hydrogen (secondary N) is 2. The second-order valence-corrected chi connectivity index (χ2v) is 5.13. The van der Waals surface area contributed by atoms with Gasteiger partial charge in [-0.25, -0.2) is 4.98 Å². The van der Waals surface area contributed by atoms with Crippen molar-refractivity contribution in [3.05, 3.63) is 65.5 Å². The maximum absolute atomic E-state index is 4.30. The lowest BCUT2D eigenvalue weighted by molar-refractivity contribution is 0.689. The fourth-order valence-electron chi connectivity index (χ4n) is 2.48. The summed E-state index contributed by atoms with van der Waals surface area (Å²) in [6, 6.07) is 12.8. The third-order valence-electron chi connectivity index (χ3n) is 3.53. The van der Waals surface area contributed by atoms with Crippen molar-refractivity contribution in [2.45, 2.75) is 19.9 Å². The number of aryl methyl sites for hydroxylation is 1. The van der Waals surface area contributed by atoms with Crippen LogP contribution in [0.5, 0.6) is 0 Å². The van der Waals surface area contributed by atoms with E-state index >= 15 is 0 Å². The van der Waals surface area contributed by atoms with Gasteiger partial charge in [-0.1, -0.05) is 29.8 Å². The van der Waals surface area contributed by atoms with E-state index in [9.17, 15) is 0 Å². The molecular formula is C17H19N3. The van der Waals surface area contributed by atoms with Gasteiger partial charge in [-0.2, -0.15) is 0 Å². The highest BCUT2D eigenvalue weighted by Gasteiger charge is 2.02. The minimum Gasteiger partial charge on any atom is -0.346 e. The molecule has 0 saturated heterocycles. The Balaban J connectivity index is 1.55. The molecule has 3 aromatic rings. The molecule has 0 saturated carbocycles. The van der Waals surface area contributed by atoms with Crippen molar-refractivity contribution in [2.24, 2.45) is 0 Å². The number of benzene rings is 1. The standard InChI is InChI=1S/C17H19N3/c1-13-4-2-5-14(10-13)7-9-18-11-15-12-20-17-16(15)6-3-8-19-17/h2-6,8,10,12,18H,7,9,11H2,1H3,(H,19,20). The van der Waals surface area contributed by atoms with E-state index < -0.39 is 0 Å². The van der Waals surface area contributed by atoms with Crippen molar-refractivity contribution in [3.8, 4) is 0 Å². The lowest BCUT2D eigenvalue weighted by Crippen LogP contribution is -2.16. The fraction of sp³-hybridized carbons (Fsp3) is 0.235. The minimum absolute atomic E-state index is 0.873. The van der Waals surface area contributed by atoms with Crippen LogP contribution in [0.25, 0.3) is 11.0 Å². The zero-order valence-corrected chi connectivity index (χ0v) is 11.7. The number of hydrogen-bond acceptors (Lipinski definition) is 2. The minimum atomic E-state index is 0.873.